The molecular weight excluding hydrogens is 602 g/mol. The first-order chi connectivity index (χ1) is 22.3. The van der Waals surface area contributed by atoms with Crippen LogP contribution in [0.5, 0.6) is 0 Å². The summed E-state index contributed by atoms with van der Waals surface area (Å²) < 4.78 is 5.42. The molecule has 3 saturated carbocycles. The predicted octanol–water partition coefficient (Wildman–Crippen LogP) is 2.71. The largest absolute Gasteiger partial charge is 0.449 e. The van der Waals surface area contributed by atoms with Gasteiger partial charge in [-0.3, -0.25) is 24.0 Å². The average molecular weight is 658 g/mol. The molecule has 0 aromatic heterocycles. The van der Waals surface area contributed by atoms with Crippen molar-refractivity contribution < 1.29 is 33.5 Å². The van der Waals surface area contributed by atoms with Crippen LogP contribution in [0.1, 0.15) is 86.0 Å². The van der Waals surface area contributed by atoms with Gasteiger partial charge in [0.2, 0.25) is 23.5 Å². The van der Waals surface area contributed by atoms with Gasteiger partial charge in [-0.2, -0.15) is 0 Å². The lowest BCUT2D eigenvalue weighted by Crippen LogP contribution is -2.60. The van der Waals surface area contributed by atoms with Gasteiger partial charge in [0.25, 0.3) is 5.91 Å². The Labute approximate surface area is 278 Å². The van der Waals surface area contributed by atoms with Crippen molar-refractivity contribution in [3.63, 3.8) is 0 Å². The lowest BCUT2D eigenvalue weighted by Gasteiger charge is -2.38. The number of fused-ring (bicyclic) bond motifs is 1. The zero-order valence-electron chi connectivity index (χ0n) is 28.8. The fourth-order valence-electron chi connectivity index (χ4n) is 7.49. The molecule has 3 aliphatic carbocycles. The molecule has 0 aromatic carbocycles. The summed E-state index contributed by atoms with van der Waals surface area (Å²) in [6, 6.07) is -2.89. The first kappa shape index (κ1) is 36.4. The molecule has 7 atom stereocenters. The van der Waals surface area contributed by atoms with Gasteiger partial charge < -0.3 is 30.9 Å². The Morgan fingerprint density at radius 2 is 1.72 bits per heavy atom. The highest BCUT2D eigenvalue weighted by atomic mass is 16.5. The Morgan fingerprint density at radius 3 is 2.36 bits per heavy atom. The van der Waals surface area contributed by atoms with Crippen LogP contribution in [-0.2, 0) is 28.7 Å². The second-order valence-corrected chi connectivity index (χ2v) is 15.0. The molecule has 47 heavy (non-hydrogen) atoms. The van der Waals surface area contributed by atoms with Crippen molar-refractivity contribution in [2.45, 2.75) is 104 Å². The number of likely N-dealkylation sites (tertiary alicyclic amines) is 1. The molecule has 1 saturated heterocycles. The SMILES string of the molecule is C=CCNC(=O)C(=O)C(CCC)NC(=O)C1C2C(CN1C(=O)C(NC(=O)OCC(C)C)C1CCCC(C(=O)NCC3CC3)C1)C2(C)C. The average Bonchev–Trinajstić information content (AvgIpc) is 3.91. The Kier molecular flexibility index (Phi) is 12.1. The van der Waals surface area contributed by atoms with Gasteiger partial charge in [0.15, 0.2) is 0 Å². The first-order valence-corrected chi connectivity index (χ1v) is 17.5. The van der Waals surface area contributed by atoms with Crippen molar-refractivity contribution in [1.29, 1.82) is 0 Å². The summed E-state index contributed by atoms with van der Waals surface area (Å²) in [7, 11) is 0. The number of nitrogens with one attached hydrogen (secondary N) is 4. The number of hydrogen-bond acceptors (Lipinski definition) is 7. The van der Waals surface area contributed by atoms with Crippen LogP contribution >= 0.6 is 0 Å². The number of Topliss-reactive ketones (excluding diaryl/α,β-unsaturated/α-hetero) is 1. The number of carbonyl (C=O) groups excluding carboxylic acids is 6. The Hall–Kier alpha value is -3.44. The van der Waals surface area contributed by atoms with Crippen molar-refractivity contribution in [1.82, 2.24) is 26.2 Å². The molecule has 4 aliphatic rings. The van der Waals surface area contributed by atoms with Crippen molar-refractivity contribution in [2.75, 3.05) is 26.2 Å². The normalized spacial score (nSPS) is 27.1. The molecule has 4 N–H and O–H groups in total. The minimum Gasteiger partial charge on any atom is -0.449 e. The number of amides is 5. The van der Waals surface area contributed by atoms with E-state index in [1.807, 2.05) is 20.8 Å². The van der Waals surface area contributed by atoms with Crippen molar-refractivity contribution in [2.24, 2.45) is 40.9 Å². The minimum atomic E-state index is -1.04. The standard InChI is InChI=1S/C35H55N5O7/c1-7-10-25(29(41)32(44)36-15-8-2)38-31(43)28-26-24(35(26,5)6)18-40(28)33(45)27(39-34(46)47-19-20(3)4)22-11-9-12-23(16-22)30(42)37-17-21-13-14-21/h8,20-28H,2,7,9-19H2,1,3-6H3,(H,36,44)(H,37,42)(H,38,43)(H,39,46). The summed E-state index contributed by atoms with van der Waals surface area (Å²) in [5, 5.41) is 11.2. The topological polar surface area (TPSA) is 163 Å². The van der Waals surface area contributed by atoms with Crippen LogP contribution in [0.2, 0.25) is 0 Å². The molecule has 12 heteroatoms. The summed E-state index contributed by atoms with van der Waals surface area (Å²) >= 11 is 0. The molecule has 7 unspecified atom stereocenters. The number of hydrogen-bond donors (Lipinski definition) is 4. The first-order valence-electron chi connectivity index (χ1n) is 17.5. The number of alkyl carbamates (subject to hydrolysis) is 1. The fourth-order valence-corrected chi connectivity index (χ4v) is 7.49. The molecule has 1 heterocycles. The highest BCUT2D eigenvalue weighted by Crippen LogP contribution is 2.65. The second-order valence-electron chi connectivity index (χ2n) is 15.0. The van der Waals surface area contributed by atoms with E-state index < -0.39 is 41.8 Å². The smallest absolute Gasteiger partial charge is 0.407 e. The molecular formula is C35H55N5O7. The molecule has 5 amide bonds. The number of piperidine rings is 1. The molecule has 262 valence electrons. The maximum atomic E-state index is 14.5. The number of ether oxygens (including phenoxy) is 1. The van der Waals surface area contributed by atoms with Crippen LogP contribution < -0.4 is 21.3 Å². The maximum absolute atomic E-state index is 14.5. The molecule has 0 bridgehead atoms. The Morgan fingerprint density at radius 1 is 1.00 bits per heavy atom. The van der Waals surface area contributed by atoms with Gasteiger partial charge in [0.05, 0.1) is 12.6 Å². The lowest BCUT2D eigenvalue weighted by atomic mass is 9.76. The third-order valence-electron chi connectivity index (χ3n) is 10.5. The summed E-state index contributed by atoms with van der Waals surface area (Å²) in [6.07, 6.45) is 6.37. The summed E-state index contributed by atoms with van der Waals surface area (Å²) in [5.41, 5.74) is -0.195. The molecule has 1 aliphatic heterocycles. The van der Waals surface area contributed by atoms with Crippen LogP contribution in [-0.4, -0.2) is 84.8 Å². The number of ketones is 1. The zero-order chi connectivity index (χ0) is 34.5. The summed E-state index contributed by atoms with van der Waals surface area (Å²) in [5.74, 6) is -2.45. The third kappa shape index (κ3) is 8.93. The second kappa shape index (κ2) is 15.6. The third-order valence-corrected chi connectivity index (χ3v) is 10.5. The van der Waals surface area contributed by atoms with E-state index in [1.54, 1.807) is 4.90 Å². The van der Waals surface area contributed by atoms with Gasteiger partial charge >= 0.3 is 6.09 Å². The molecule has 0 radical (unpaired) electrons. The van der Waals surface area contributed by atoms with Gasteiger partial charge in [0, 0.05) is 25.6 Å². The van der Waals surface area contributed by atoms with Gasteiger partial charge in [-0.1, -0.05) is 53.5 Å². The van der Waals surface area contributed by atoms with Crippen LogP contribution in [0.3, 0.4) is 0 Å². The molecule has 4 rings (SSSR count). The van der Waals surface area contributed by atoms with Crippen molar-refractivity contribution >= 4 is 35.5 Å². The van der Waals surface area contributed by atoms with Gasteiger partial charge in [-0.25, -0.2) is 4.79 Å². The van der Waals surface area contributed by atoms with E-state index in [4.69, 9.17) is 4.74 Å². The van der Waals surface area contributed by atoms with E-state index in [0.717, 1.165) is 19.3 Å². The van der Waals surface area contributed by atoms with Crippen LogP contribution in [0, 0.1) is 40.9 Å². The van der Waals surface area contributed by atoms with Gasteiger partial charge in [-0.05, 0) is 73.5 Å². The van der Waals surface area contributed by atoms with Gasteiger partial charge in [-0.15, -0.1) is 6.58 Å². The number of rotatable bonds is 16. The highest BCUT2D eigenvalue weighted by Gasteiger charge is 2.69. The fraction of sp³-hybridized carbons (Fsp3) is 0.771. The molecule has 0 spiro atoms. The van der Waals surface area contributed by atoms with Crippen LogP contribution in [0.15, 0.2) is 12.7 Å². The Bertz CT molecular complexity index is 1210. The Balaban J connectivity index is 1.54. The van der Waals surface area contributed by atoms with E-state index in [1.165, 1.54) is 6.08 Å². The summed E-state index contributed by atoms with van der Waals surface area (Å²) in [4.78, 5) is 81.6. The van der Waals surface area contributed by atoms with E-state index in [2.05, 4.69) is 41.7 Å². The van der Waals surface area contributed by atoms with E-state index in [-0.39, 0.29) is 66.4 Å². The molecule has 12 nitrogen and oxygen atoms in total. The van der Waals surface area contributed by atoms with Crippen molar-refractivity contribution in [3.8, 4) is 0 Å². The lowest BCUT2D eigenvalue weighted by molar-refractivity contribution is -0.145. The quantitative estimate of drug-likeness (QED) is 0.147. The summed E-state index contributed by atoms with van der Waals surface area (Å²) in [6.45, 7) is 14.7. The van der Waals surface area contributed by atoms with E-state index in [9.17, 15) is 28.8 Å². The van der Waals surface area contributed by atoms with E-state index >= 15 is 0 Å². The number of carbonyl (C=O) groups is 6. The monoisotopic (exact) mass is 657 g/mol. The van der Waals surface area contributed by atoms with Crippen LogP contribution in [0.4, 0.5) is 4.79 Å². The minimum absolute atomic E-state index is 0.0136. The molecule has 4 fully saturated rings. The van der Waals surface area contributed by atoms with Gasteiger partial charge in [0.1, 0.15) is 12.1 Å². The van der Waals surface area contributed by atoms with E-state index in [0.29, 0.717) is 44.7 Å². The zero-order valence-corrected chi connectivity index (χ0v) is 28.8. The predicted molar refractivity (Wildman–Crippen MR) is 176 cm³/mol. The maximum Gasteiger partial charge on any atom is 0.407 e. The van der Waals surface area contributed by atoms with Crippen molar-refractivity contribution in [3.05, 3.63) is 12.7 Å². The highest BCUT2D eigenvalue weighted by molar-refractivity contribution is 6.38. The number of nitrogens with zero attached hydrogens (tertiary/aromatic N) is 1. The van der Waals surface area contributed by atoms with Crippen LogP contribution in [0.25, 0.3) is 0 Å². The molecule has 0 aromatic rings.